The number of Topliss-reactive ketones (excluding diaryl/α,β-unsaturated/α-hetero) is 1. The van der Waals surface area contributed by atoms with E-state index in [0.29, 0.717) is 6.54 Å². The summed E-state index contributed by atoms with van der Waals surface area (Å²) in [5.41, 5.74) is 1.73. The van der Waals surface area contributed by atoms with Crippen LogP contribution in [0.25, 0.3) is 0 Å². The maximum absolute atomic E-state index is 12.7. The van der Waals surface area contributed by atoms with Crippen LogP contribution >= 0.6 is 11.6 Å². The van der Waals surface area contributed by atoms with Crippen LogP contribution in [0.3, 0.4) is 0 Å². The summed E-state index contributed by atoms with van der Waals surface area (Å²) in [6.07, 6.45) is 4.44. The Hall–Kier alpha value is -2.18. The van der Waals surface area contributed by atoms with E-state index in [-0.39, 0.29) is 29.3 Å². The lowest BCUT2D eigenvalue weighted by molar-refractivity contribution is -0.710. The van der Waals surface area contributed by atoms with Crippen molar-refractivity contribution in [2.45, 2.75) is 45.3 Å². The summed E-state index contributed by atoms with van der Waals surface area (Å²) in [5.74, 6) is 2.20. The highest BCUT2D eigenvalue weighted by Gasteiger charge is 2.28. The lowest BCUT2D eigenvalue weighted by atomic mass is 10.1. The Morgan fingerprint density at radius 2 is 1.83 bits per heavy atom. The molecular formula is C22H24BrClN4O. The summed E-state index contributed by atoms with van der Waals surface area (Å²) < 4.78 is 4.19. The number of fused-ring (bicyclic) bond motifs is 1. The van der Waals surface area contributed by atoms with E-state index in [9.17, 15) is 4.79 Å². The Bertz CT molecular complexity index is 957. The number of aromatic nitrogens is 3. The quantitative estimate of drug-likeness (QED) is 0.428. The van der Waals surface area contributed by atoms with E-state index in [4.69, 9.17) is 16.7 Å². The largest absolute Gasteiger partial charge is 1.00 e. The second kappa shape index (κ2) is 10.0. The second-order valence-corrected chi connectivity index (χ2v) is 7.54. The van der Waals surface area contributed by atoms with Gasteiger partial charge in [0.15, 0.2) is 12.3 Å². The summed E-state index contributed by atoms with van der Waals surface area (Å²) in [4.78, 5) is 12.7. The van der Waals surface area contributed by atoms with Crippen LogP contribution in [0.4, 0.5) is 5.69 Å². The summed E-state index contributed by atoms with van der Waals surface area (Å²) >= 11 is 5.96. The zero-order chi connectivity index (χ0) is 19.3. The number of benzene rings is 2. The van der Waals surface area contributed by atoms with Crippen LogP contribution in [0.5, 0.6) is 0 Å². The van der Waals surface area contributed by atoms with E-state index in [0.717, 1.165) is 53.7 Å². The van der Waals surface area contributed by atoms with Gasteiger partial charge in [-0.1, -0.05) is 41.9 Å². The van der Waals surface area contributed by atoms with Crippen LogP contribution in [0.2, 0.25) is 5.02 Å². The van der Waals surface area contributed by atoms with Crippen LogP contribution in [0, 0.1) is 0 Å². The molecule has 152 valence electrons. The summed E-state index contributed by atoms with van der Waals surface area (Å²) in [6, 6.07) is 17.1. The molecule has 0 bridgehead atoms. The van der Waals surface area contributed by atoms with Gasteiger partial charge in [0.1, 0.15) is 6.54 Å². The third-order valence-electron chi connectivity index (χ3n) is 5.12. The monoisotopic (exact) mass is 474 g/mol. The number of halogens is 2. The van der Waals surface area contributed by atoms with Crippen LogP contribution in [0.1, 0.15) is 41.3 Å². The van der Waals surface area contributed by atoms with Gasteiger partial charge in [-0.05, 0) is 43.5 Å². The van der Waals surface area contributed by atoms with Gasteiger partial charge in [0.05, 0.1) is 6.54 Å². The molecule has 0 atom stereocenters. The molecule has 2 heterocycles. The van der Waals surface area contributed by atoms with Gasteiger partial charge in [-0.25, -0.2) is 4.57 Å². The summed E-state index contributed by atoms with van der Waals surface area (Å²) in [7, 11) is 0. The van der Waals surface area contributed by atoms with Crippen molar-refractivity contribution in [1.82, 2.24) is 9.78 Å². The normalized spacial score (nSPS) is 13.1. The Labute approximate surface area is 186 Å². The number of nitrogens with one attached hydrogen (secondary N) is 1. The predicted octanol–water partition coefficient (Wildman–Crippen LogP) is 1.05. The first kappa shape index (κ1) is 21.5. The maximum atomic E-state index is 12.7. The molecule has 0 aliphatic carbocycles. The smallest absolute Gasteiger partial charge is 0.296 e. The van der Waals surface area contributed by atoms with Crippen molar-refractivity contribution >= 4 is 23.1 Å². The zero-order valence-electron chi connectivity index (χ0n) is 16.2. The van der Waals surface area contributed by atoms with Gasteiger partial charge in [0.2, 0.25) is 5.82 Å². The van der Waals surface area contributed by atoms with Crippen LogP contribution in [0.15, 0.2) is 54.6 Å². The second-order valence-electron chi connectivity index (χ2n) is 7.10. The third kappa shape index (κ3) is 5.25. The van der Waals surface area contributed by atoms with Crippen molar-refractivity contribution < 1.29 is 26.3 Å². The number of nitrogens with zero attached hydrogens (tertiary/aromatic N) is 3. The van der Waals surface area contributed by atoms with Crippen molar-refractivity contribution in [3.63, 3.8) is 0 Å². The molecule has 1 N–H and O–H groups in total. The highest BCUT2D eigenvalue weighted by atomic mass is 79.9. The van der Waals surface area contributed by atoms with E-state index in [1.807, 2.05) is 59.3 Å². The van der Waals surface area contributed by atoms with Crippen LogP contribution in [-0.4, -0.2) is 15.6 Å². The molecular weight excluding hydrogens is 452 g/mol. The molecule has 0 saturated carbocycles. The number of anilines is 1. The standard InChI is InChI=1S/C22H24ClN4O.BrH/c23-18-10-12-19(13-11-18)24-15-21-25-27(22-9-5-2-6-14-26(21)22)16-20(28)17-7-3-1-4-8-17;/h1,3-4,7-8,10-13,24H,2,5-6,9,14-16H2;1H/q+1;/p-1. The molecule has 1 aliphatic heterocycles. The minimum absolute atomic E-state index is 0. The molecule has 4 rings (SSSR count). The average molecular weight is 476 g/mol. The molecule has 5 nitrogen and oxygen atoms in total. The molecule has 1 aliphatic rings. The Morgan fingerprint density at radius 1 is 1.07 bits per heavy atom. The molecule has 29 heavy (non-hydrogen) atoms. The number of carbonyl (C=O) groups is 1. The van der Waals surface area contributed by atoms with Crippen molar-refractivity contribution in [2.24, 2.45) is 0 Å². The van der Waals surface area contributed by atoms with Gasteiger partial charge in [-0.2, -0.15) is 0 Å². The fourth-order valence-electron chi connectivity index (χ4n) is 3.65. The number of carbonyl (C=O) groups excluding carboxylic acids is 1. The van der Waals surface area contributed by atoms with Gasteiger partial charge in [-0.3, -0.25) is 4.79 Å². The fourth-order valence-corrected chi connectivity index (χ4v) is 3.77. The SMILES string of the molecule is O=C(Cn1nc(CNc2ccc(Cl)cc2)[n+]2c1CCCCC2)c1ccccc1.[Br-]. The number of hydrogen-bond donors (Lipinski definition) is 1. The van der Waals surface area contributed by atoms with E-state index in [2.05, 4.69) is 9.88 Å². The Morgan fingerprint density at radius 3 is 2.59 bits per heavy atom. The molecule has 3 aromatic rings. The number of hydrogen-bond acceptors (Lipinski definition) is 3. The molecule has 1 aromatic heterocycles. The summed E-state index contributed by atoms with van der Waals surface area (Å²) in [6.45, 7) is 1.84. The molecule has 0 saturated heterocycles. The third-order valence-corrected chi connectivity index (χ3v) is 5.38. The Balaban J connectivity index is 0.00000240. The molecule has 0 spiro atoms. The molecule has 0 unspecified atom stereocenters. The van der Waals surface area contributed by atoms with E-state index >= 15 is 0 Å². The first-order valence-corrected chi connectivity index (χ1v) is 10.1. The lowest BCUT2D eigenvalue weighted by Crippen LogP contribution is -3.00. The van der Waals surface area contributed by atoms with E-state index < -0.39 is 0 Å². The van der Waals surface area contributed by atoms with Crippen molar-refractivity contribution in [1.29, 1.82) is 0 Å². The Kier molecular flexibility index (Phi) is 7.45. The van der Waals surface area contributed by atoms with Gasteiger partial charge in [0.25, 0.3) is 5.82 Å². The fraction of sp³-hybridized carbons (Fsp3) is 0.318. The van der Waals surface area contributed by atoms with Crippen molar-refractivity contribution in [3.05, 3.63) is 76.8 Å². The van der Waals surface area contributed by atoms with Crippen molar-refractivity contribution in [2.75, 3.05) is 5.32 Å². The predicted molar refractivity (Wildman–Crippen MR) is 110 cm³/mol. The highest BCUT2D eigenvalue weighted by Crippen LogP contribution is 2.15. The molecule has 0 radical (unpaired) electrons. The number of ketones is 1. The number of rotatable bonds is 6. The average Bonchev–Trinajstić information content (AvgIpc) is 2.89. The maximum Gasteiger partial charge on any atom is 0.296 e. The first-order valence-electron chi connectivity index (χ1n) is 9.77. The van der Waals surface area contributed by atoms with Crippen LogP contribution < -0.4 is 26.9 Å². The molecule has 7 heteroatoms. The molecule has 0 fully saturated rings. The summed E-state index contributed by atoms with van der Waals surface area (Å²) in [5, 5.41) is 8.94. The van der Waals surface area contributed by atoms with Crippen LogP contribution in [-0.2, 0) is 26.1 Å². The zero-order valence-corrected chi connectivity index (χ0v) is 18.5. The highest BCUT2D eigenvalue weighted by molar-refractivity contribution is 6.30. The van der Waals surface area contributed by atoms with Gasteiger partial charge in [0, 0.05) is 27.8 Å². The molecule has 2 aromatic carbocycles. The first-order chi connectivity index (χ1) is 13.7. The molecule has 0 amide bonds. The van der Waals surface area contributed by atoms with Gasteiger partial charge < -0.3 is 22.3 Å². The minimum Gasteiger partial charge on any atom is -1.00 e. The lowest BCUT2D eigenvalue weighted by Gasteiger charge is -2.04. The van der Waals surface area contributed by atoms with E-state index in [1.165, 1.54) is 6.42 Å². The van der Waals surface area contributed by atoms with Crippen molar-refractivity contribution in [3.8, 4) is 0 Å². The topological polar surface area (TPSA) is 50.8 Å². The van der Waals surface area contributed by atoms with Gasteiger partial charge >= 0.3 is 0 Å². The van der Waals surface area contributed by atoms with E-state index in [1.54, 1.807) is 0 Å². The van der Waals surface area contributed by atoms with Gasteiger partial charge in [-0.15, -0.1) is 4.68 Å². The minimum atomic E-state index is 0.